The second kappa shape index (κ2) is 7.25. The summed E-state index contributed by atoms with van der Waals surface area (Å²) in [5.41, 5.74) is 7.75. The molecule has 7 heteroatoms. The fourth-order valence-electron chi connectivity index (χ4n) is 4.76. The maximum absolute atomic E-state index is 6.44. The molecule has 1 aliphatic heterocycles. The Balaban J connectivity index is 1.40. The fourth-order valence-corrected chi connectivity index (χ4v) is 5.76. The number of fused-ring (bicyclic) bond motifs is 1. The molecule has 1 aliphatic carbocycles. The van der Waals surface area contributed by atoms with Crippen LogP contribution in [-0.2, 0) is 0 Å². The van der Waals surface area contributed by atoms with Crippen LogP contribution in [0.4, 0.5) is 5.95 Å². The number of benzene rings is 1. The van der Waals surface area contributed by atoms with Gasteiger partial charge in [-0.05, 0) is 55.4 Å². The van der Waals surface area contributed by atoms with Crippen molar-refractivity contribution in [3.63, 3.8) is 0 Å². The van der Waals surface area contributed by atoms with Crippen LogP contribution >= 0.6 is 23.4 Å². The Bertz CT molecular complexity index is 978. The van der Waals surface area contributed by atoms with Gasteiger partial charge in [-0.1, -0.05) is 29.8 Å². The van der Waals surface area contributed by atoms with Crippen LogP contribution in [0.5, 0.6) is 0 Å². The van der Waals surface area contributed by atoms with E-state index < -0.39 is 0 Å². The maximum Gasteiger partial charge on any atom is 0.211 e. The fraction of sp³-hybridized carbons (Fsp3) is 0.429. The van der Waals surface area contributed by atoms with Crippen molar-refractivity contribution in [2.45, 2.75) is 47.9 Å². The van der Waals surface area contributed by atoms with Crippen LogP contribution < -0.4 is 10.6 Å². The predicted molar refractivity (Wildman–Crippen MR) is 114 cm³/mol. The van der Waals surface area contributed by atoms with E-state index in [1.165, 1.54) is 19.3 Å². The number of piperidine rings is 1. The van der Waals surface area contributed by atoms with E-state index in [2.05, 4.69) is 14.3 Å². The van der Waals surface area contributed by atoms with Crippen LogP contribution in [0.3, 0.4) is 0 Å². The van der Waals surface area contributed by atoms with Gasteiger partial charge in [-0.15, -0.1) is 0 Å². The first kappa shape index (κ1) is 18.3. The third-order valence-electron chi connectivity index (χ3n) is 6.43. The highest BCUT2D eigenvalue weighted by Gasteiger charge is 2.43. The van der Waals surface area contributed by atoms with E-state index in [4.69, 9.17) is 22.3 Å². The first-order chi connectivity index (χ1) is 13.6. The van der Waals surface area contributed by atoms with Crippen molar-refractivity contribution < 1.29 is 0 Å². The number of halogens is 1. The van der Waals surface area contributed by atoms with Crippen LogP contribution in [0.25, 0.3) is 5.65 Å². The molecular formula is C21H24ClN5S. The lowest BCUT2D eigenvalue weighted by atomic mass is 9.74. The Kier molecular flexibility index (Phi) is 4.73. The van der Waals surface area contributed by atoms with Crippen molar-refractivity contribution in [1.29, 1.82) is 0 Å². The molecule has 3 aromatic rings. The monoisotopic (exact) mass is 413 g/mol. The highest BCUT2D eigenvalue weighted by molar-refractivity contribution is 7.99. The van der Waals surface area contributed by atoms with Crippen molar-refractivity contribution in [3.05, 3.63) is 47.9 Å². The number of nitrogens with zero attached hydrogens (tertiary/aromatic N) is 4. The summed E-state index contributed by atoms with van der Waals surface area (Å²) >= 11 is 7.66. The molecule has 1 saturated carbocycles. The highest BCUT2D eigenvalue weighted by atomic mass is 35.5. The molecule has 1 spiro atoms. The van der Waals surface area contributed by atoms with Gasteiger partial charge in [0.25, 0.3) is 0 Å². The van der Waals surface area contributed by atoms with E-state index in [1.807, 2.05) is 42.9 Å². The molecule has 0 radical (unpaired) electrons. The highest BCUT2D eigenvalue weighted by Crippen LogP contribution is 2.46. The van der Waals surface area contributed by atoms with E-state index in [-0.39, 0.29) is 0 Å². The minimum atomic E-state index is 0.356. The van der Waals surface area contributed by atoms with Gasteiger partial charge in [-0.3, -0.25) is 4.40 Å². The number of hydrogen-bond donors (Lipinski definition) is 1. The van der Waals surface area contributed by atoms with E-state index in [9.17, 15) is 0 Å². The predicted octanol–water partition coefficient (Wildman–Crippen LogP) is 4.63. The van der Waals surface area contributed by atoms with Gasteiger partial charge < -0.3 is 10.6 Å². The van der Waals surface area contributed by atoms with Gasteiger partial charge in [0.1, 0.15) is 0 Å². The number of nitrogens with two attached hydrogens (primary N) is 1. The van der Waals surface area contributed by atoms with E-state index in [0.717, 1.165) is 52.3 Å². The molecule has 0 amide bonds. The molecule has 3 heterocycles. The molecule has 0 bridgehead atoms. The second-order valence-corrected chi connectivity index (χ2v) is 9.50. The topological polar surface area (TPSA) is 59.5 Å². The SMILES string of the molecule is N[C@@H]1CCCC12CCN(c1ncc(Sc3ccc(Cl)cc3)c3nccn13)CC2. The van der Waals surface area contributed by atoms with Gasteiger partial charge in [0, 0.05) is 47.6 Å². The molecule has 0 unspecified atom stereocenters. The standard InChI is InChI=1S/C21H24ClN5S/c22-15-3-5-16(6-4-15)28-17-14-25-20(27-13-10-24-19(17)27)26-11-8-21(9-12-26)7-1-2-18(21)23/h3-6,10,13-14,18H,1-2,7-9,11-12,23H2/t18-/m1/s1. The lowest BCUT2D eigenvalue weighted by Gasteiger charge is -2.42. The van der Waals surface area contributed by atoms with Crippen molar-refractivity contribution in [2.24, 2.45) is 11.1 Å². The zero-order valence-electron chi connectivity index (χ0n) is 15.7. The summed E-state index contributed by atoms with van der Waals surface area (Å²) < 4.78 is 2.12. The Morgan fingerprint density at radius 3 is 2.61 bits per heavy atom. The zero-order valence-corrected chi connectivity index (χ0v) is 17.3. The Morgan fingerprint density at radius 1 is 1.11 bits per heavy atom. The average Bonchev–Trinajstić information content (AvgIpc) is 3.33. The van der Waals surface area contributed by atoms with Gasteiger partial charge in [0.05, 0.1) is 4.90 Å². The third kappa shape index (κ3) is 3.17. The van der Waals surface area contributed by atoms with Gasteiger partial charge >= 0.3 is 0 Å². The summed E-state index contributed by atoms with van der Waals surface area (Å²) in [5, 5.41) is 0.744. The van der Waals surface area contributed by atoms with Crippen LogP contribution in [0.1, 0.15) is 32.1 Å². The third-order valence-corrected chi connectivity index (χ3v) is 7.70. The summed E-state index contributed by atoms with van der Waals surface area (Å²) in [6.07, 6.45) is 11.9. The number of rotatable bonds is 3. The van der Waals surface area contributed by atoms with Crippen molar-refractivity contribution in [3.8, 4) is 0 Å². The summed E-state index contributed by atoms with van der Waals surface area (Å²) in [4.78, 5) is 14.0. The molecule has 1 saturated heterocycles. The van der Waals surface area contributed by atoms with Crippen LogP contribution in [0, 0.1) is 5.41 Å². The average molecular weight is 414 g/mol. The number of aromatic nitrogens is 3. The molecule has 1 aromatic carbocycles. The summed E-state index contributed by atoms with van der Waals surface area (Å²) in [5.74, 6) is 0.981. The molecule has 5 nitrogen and oxygen atoms in total. The minimum absolute atomic E-state index is 0.356. The van der Waals surface area contributed by atoms with Crippen molar-refractivity contribution in [1.82, 2.24) is 14.4 Å². The molecule has 28 heavy (non-hydrogen) atoms. The van der Waals surface area contributed by atoms with E-state index >= 15 is 0 Å². The molecule has 2 N–H and O–H groups in total. The van der Waals surface area contributed by atoms with Gasteiger partial charge in [0.15, 0.2) is 5.65 Å². The molecular weight excluding hydrogens is 390 g/mol. The summed E-state index contributed by atoms with van der Waals surface area (Å²) in [7, 11) is 0. The maximum atomic E-state index is 6.44. The Hall–Kier alpha value is -1.76. The molecule has 2 aromatic heterocycles. The smallest absolute Gasteiger partial charge is 0.211 e. The van der Waals surface area contributed by atoms with Crippen molar-refractivity contribution >= 4 is 35.0 Å². The van der Waals surface area contributed by atoms with Crippen LogP contribution in [0.15, 0.2) is 52.6 Å². The first-order valence-electron chi connectivity index (χ1n) is 9.91. The quantitative estimate of drug-likeness (QED) is 0.678. The van der Waals surface area contributed by atoms with Crippen LogP contribution in [-0.4, -0.2) is 33.5 Å². The largest absolute Gasteiger partial charge is 0.342 e. The van der Waals surface area contributed by atoms with Gasteiger partial charge in [0.2, 0.25) is 5.95 Å². The Morgan fingerprint density at radius 2 is 1.89 bits per heavy atom. The second-order valence-electron chi connectivity index (χ2n) is 7.95. The molecule has 1 atom stereocenters. The zero-order chi connectivity index (χ0) is 19.1. The first-order valence-corrected chi connectivity index (χ1v) is 11.1. The van der Waals surface area contributed by atoms with Crippen molar-refractivity contribution in [2.75, 3.05) is 18.0 Å². The number of hydrogen-bond acceptors (Lipinski definition) is 5. The van der Waals surface area contributed by atoms with Gasteiger partial charge in [-0.2, -0.15) is 0 Å². The normalized spacial score (nSPS) is 21.6. The molecule has 5 rings (SSSR count). The van der Waals surface area contributed by atoms with E-state index in [0.29, 0.717) is 11.5 Å². The summed E-state index contributed by atoms with van der Waals surface area (Å²) in [6.45, 7) is 2.02. The van der Waals surface area contributed by atoms with Gasteiger partial charge in [-0.25, -0.2) is 9.97 Å². The summed E-state index contributed by atoms with van der Waals surface area (Å²) in [6, 6.07) is 8.23. The minimum Gasteiger partial charge on any atom is -0.342 e. The Labute approximate surface area is 174 Å². The molecule has 146 valence electrons. The molecule has 2 fully saturated rings. The number of imidazole rings is 1. The van der Waals surface area contributed by atoms with E-state index in [1.54, 1.807) is 11.8 Å². The number of anilines is 1. The lowest BCUT2D eigenvalue weighted by Crippen LogP contribution is -2.47. The molecule has 2 aliphatic rings. The lowest BCUT2D eigenvalue weighted by molar-refractivity contribution is 0.197. The van der Waals surface area contributed by atoms with Crippen LogP contribution in [0.2, 0.25) is 5.02 Å².